The second-order valence-electron chi connectivity index (χ2n) is 12.8. The second-order valence-corrected chi connectivity index (χ2v) is 13.8. The van der Waals surface area contributed by atoms with Crippen LogP contribution in [0, 0.1) is 11.6 Å². The highest BCUT2D eigenvalue weighted by atomic mass is 32.1. The van der Waals surface area contributed by atoms with Crippen molar-refractivity contribution in [1.82, 2.24) is 29.7 Å². The van der Waals surface area contributed by atoms with Gasteiger partial charge in [0.15, 0.2) is 10.9 Å². The molecule has 6 heterocycles. The van der Waals surface area contributed by atoms with E-state index in [0.717, 1.165) is 56.7 Å². The van der Waals surface area contributed by atoms with Gasteiger partial charge in [-0.3, -0.25) is 9.69 Å². The minimum absolute atomic E-state index is 0.00870. The van der Waals surface area contributed by atoms with E-state index in [4.69, 9.17) is 15.5 Å². The summed E-state index contributed by atoms with van der Waals surface area (Å²) >= 11 is 0.978. The molecule has 45 heavy (non-hydrogen) atoms. The molecule has 0 bridgehead atoms. The highest BCUT2D eigenvalue weighted by Crippen LogP contribution is 2.44. The van der Waals surface area contributed by atoms with E-state index in [9.17, 15) is 13.6 Å². The first-order chi connectivity index (χ1) is 21.8. The van der Waals surface area contributed by atoms with Crippen molar-refractivity contribution < 1.29 is 17.9 Å². The number of thiazole rings is 1. The van der Waals surface area contributed by atoms with Crippen LogP contribution in [0.4, 0.5) is 24.1 Å². The van der Waals surface area contributed by atoms with Crippen LogP contribution in [0.3, 0.4) is 0 Å². The van der Waals surface area contributed by atoms with E-state index in [0.29, 0.717) is 44.7 Å². The number of benzene rings is 1. The molecule has 1 aliphatic carbocycles. The largest absolute Gasteiger partial charge is 0.461 e. The Morgan fingerprint density at radius 2 is 1.87 bits per heavy atom. The zero-order valence-corrected chi connectivity index (χ0v) is 25.6. The molecular formula is C31H35F3N8O2S. The molecule has 0 unspecified atom stereocenters. The second kappa shape index (κ2) is 11.1. The molecule has 10 nitrogen and oxygen atoms in total. The first-order valence-corrected chi connectivity index (χ1v) is 16.6. The van der Waals surface area contributed by atoms with Gasteiger partial charge in [-0.05, 0) is 70.3 Å². The Hall–Kier alpha value is -3.49. The Balaban J connectivity index is 1.33. The van der Waals surface area contributed by atoms with Gasteiger partial charge in [-0.25, -0.2) is 18.2 Å². The third kappa shape index (κ3) is 4.92. The summed E-state index contributed by atoms with van der Waals surface area (Å²) in [5.41, 5.74) is 5.45. The first kappa shape index (κ1) is 28.9. The number of hydrogen-bond donors (Lipinski definition) is 2. The number of nitrogen functional groups attached to an aromatic ring is 1. The topological polar surface area (TPSA) is 114 Å². The predicted molar refractivity (Wildman–Crippen MR) is 168 cm³/mol. The third-order valence-corrected chi connectivity index (χ3v) is 10.6. The first-order valence-electron chi connectivity index (χ1n) is 15.8. The molecule has 3 aromatic heterocycles. The van der Waals surface area contributed by atoms with Gasteiger partial charge in [0.25, 0.3) is 5.56 Å². The van der Waals surface area contributed by atoms with Crippen LogP contribution in [0.25, 0.3) is 32.4 Å². The number of aromatic nitrogens is 4. The van der Waals surface area contributed by atoms with Crippen molar-refractivity contribution in [3.63, 3.8) is 0 Å². The van der Waals surface area contributed by atoms with Gasteiger partial charge in [-0.2, -0.15) is 9.97 Å². The lowest BCUT2D eigenvalue weighted by Gasteiger charge is -2.31. The van der Waals surface area contributed by atoms with E-state index in [2.05, 4.69) is 20.2 Å². The van der Waals surface area contributed by atoms with Gasteiger partial charge in [0.1, 0.15) is 35.3 Å². The molecule has 8 rings (SSSR count). The maximum absolute atomic E-state index is 17.2. The lowest BCUT2D eigenvalue weighted by molar-refractivity contribution is 0.107. The summed E-state index contributed by atoms with van der Waals surface area (Å²) in [6, 6.07) is 2.44. The number of alkyl halides is 1. The fraction of sp³-hybridized carbons (Fsp3) is 0.548. The maximum Gasteiger partial charge on any atom is 0.319 e. The number of halogens is 3. The average Bonchev–Trinajstić information content (AvgIpc) is 3.52. The lowest BCUT2D eigenvalue weighted by Crippen LogP contribution is -2.43. The normalized spacial score (nSPS) is 24.3. The number of hydrogen-bond acceptors (Lipinski definition) is 10. The predicted octanol–water partition coefficient (Wildman–Crippen LogP) is 4.41. The highest BCUT2D eigenvalue weighted by molar-refractivity contribution is 7.22. The van der Waals surface area contributed by atoms with Crippen molar-refractivity contribution >= 4 is 43.4 Å². The quantitative estimate of drug-likeness (QED) is 0.317. The van der Waals surface area contributed by atoms with Crippen LogP contribution in [-0.4, -0.2) is 82.0 Å². The summed E-state index contributed by atoms with van der Waals surface area (Å²) in [7, 11) is 0. The zero-order chi connectivity index (χ0) is 30.9. The molecular weight excluding hydrogens is 605 g/mol. The Bertz CT molecular complexity index is 1850. The van der Waals surface area contributed by atoms with Crippen LogP contribution in [-0.2, 0) is 0 Å². The molecule has 3 N–H and O–H groups in total. The summed E-state index contributed by atoms with van der Waals surface area (Å²) in [5.74, 6) is -0.887. The van der Waals surface area contributed by atoms with Crippen molar-refractivity contribution in [3.8, 4) is 17.3 Å². The molecule has 1 aromatic carbocycles. The smallest absolute Gasteiger partial charge is 0.319 e. The van der Waals surface area contributed by atoms with Gasteiger partial charge in [0, 0.05) is 37.7 Å². The Kier molecular flexibility index (Phi) is 7.13. The Morgan fingerprint density at radius 3 is 2.64 bits per heavy atom. The van der Waals surface area contributed by atoms with Gasteiger partial charge in [-0.1, -0.05) is 11.3 Å². The highest BCUT2D eigenvalue weighted by Gasteiger charge is 2.49. The van der Waals surface area contributed by atoms with E-state index in [1.54, 1.807) is 0 Å². The van der Waals surface area contributed by atoms with Gasteiger partial charge >= 0.3 is 6.01 Å². The van der Waals surface area contributed by atoms with Crippen molar-refractivity contribution in [3.05, 3.63) is 34.1 Å². The number of rotatable bonds is 6. The van der Waals surface area contributed by atoms with Crippen molar-refractivity contribution in [2.45, 2.75) is 62.7 Å². The molecule has 4 aromatic rings. The fourth-order valence-corrected chi connectivity index (χ4v) is 8.28. The van der Waals surface area contributed by atoms with Gasteiger partial charge in [-0.15, -0.1) is 0 Å². The summed E-state index contributed by atoms with van der Waals surface area (Å²) < 4.78 is 54.3. The number of anilines is 2. The van der Waals surface area contributed by atoms with E-state index >= 15 is 4.39 Å². The molecule has 1 saturated carbocycles. The fourth-order valence-electron chi connectivity index (χ4n) is 7.52. The number of nitrogens with two attached hydrogens (primary N) is 1. The minimum atomic E-state index is -0.926. The van der Waals surface area contributed by atoms with Crippen molar-refractivity contribution in [2.24, 2.45) is 0 Å². The van der Waals surface area contributed by atoms with Crippen molar-refractivity contribution in [2.75, 3.05) is 56.5 Å². The van der Waals surface area contributed by atoms with E-state index < -0.39 is 28.9 Å². The van der Waals surface area contributed by atoms with Gasteiger partial charge in [0.2, 0.25) is 0 Å². The van der Waals surface area contributed by atoms with Crippen LogP contribution < -0.4 is 26.2 Å². The minimum Gasteiger partial charge on any atom is -0.461 e. The van der Waals surface area contributed by atoms with E-state index in [1.165, 1.54) is 16.7 Å². The standard InChI is InChI=1S/C31H35F3N8O2S/c32-17-14-31(8-1-13-41(31)15-17)16-44-30-38-24-21(27(39-30)40-11-2-9-36-10-3-12-40)28(43)42(18-4-5-18)25(22(24)34)19-6-7-20(33)26-23(19)37-29(35)45-26/h6-7,17-18,36H,1-5,8-16H2,(H2,35,37)/t17-,31+/m1/s1. The van der Waals surface area contributed by atoms with Gasteiger partial charge < -0.3 is 25.3 Å². The zero-order valence-electron chi connectivity index (χ0n) is 24.8. The Morgan fingerprint density at radius 1 is 1.07 bits per heavy atom. The molecule has 3 saturated heterocycles. The molecule has 0 radical (unpaired) electrons. The van der Waals surface area contributed by atoms with Crippen LogP contribution in [0.1, 0.15) is 51.0 Å². The van der Waals surface area contributed by atoms with E-state index in [1.807, 2.05) is 4.90 Å². The summed E-state index contributed by atoms with van der Waals surface area (Å²) in [4.78, 5) is 32.3. The molecule has 4 aliphatic rings. The molecule has 238 valence electrons. The number of pyridine rings is 1. The third-order valence-electron chi connectivity index (χ3n) is 9.73. The summed E-state index contributed by atoms with van der Waals surface area (Å²) in [5, 5.41) is 3.64. The summed E-state index contributed by atoms with van der Waals surface area (Å²) in [6.45, 7) is 4.21. The monoisotopic (exact) mass is 640 g/mol. The average molecular weight is 641 g/mol. The maximum atomic E-state index is 17.2. The van der Waals surface area contributed by atoms with Crippen LogP contribution in [0.5, 0.6) is 6.01 Å². The Labute approximate surface area is 261 Å². The van der Waals surface area contributed by atoms with Gasteiger partial charge in [0.05, 0.1) is 21.4 Å². The summed E-state index contributed by atoms with van der Waals surface area (Å²) in [6.07, 6.45) is 4.24. The molecule has 0 spiro atoms. The van der Waals surface area contributed by atoms with E-state index in [-0.39, 0.29) is 56.2 Å². The van der Waals surface area contributed by atoms with Crippen LogP contribution in [0.2, 0.25) is 0 Å². The molecule has 3 aliphatic heterocycles. The van der Waals surface area contributed by atoms with Crippen LogP contribution in [0.15, 0.2) is 16.9 Å². The molecule has 4 fully saturated rings. The number of fused-ring (bicyclic) bond motifs is 3. The molecule has 0 amide bonds. The number of ether oxygens (including phenoxy) is 1. The van der Waals surface area contributed by atoms with Crippen molar-refractivity contribution in [1.29, 1.82) is 0 Å². The SMILES string of the molecule is Nc1nc2c(-c3c(F)c4nc(OC[C@@]56CCCN5C[C@H](F)C6)nc(N5CCCNCCC5)c4c(=O)n3C3CC3)ccc(F)c2s1. The molecule has 2 atom stereocenters. The molecule has 14 heteroatoms. The number of nitrogens with zero attached hydrogens (tertiary/aromatic N) is 6. The lowest BCUT2D eigenvalue weighted by atomic mass is 9.95. The number of nitrogens with one attached hydrogen (secondary N) is 1. The van der Waals surface area contributed by atoms with Crippen LogP contribution >= 0.6 is 11.3 Å².